The maximum Gasteiger partial charge on any atom is 0.120 e. The van der Waals surface area contributed by atoms with E-state index in [1.54, 1.807) is 5.57 Å². The van der Waals surface area contributed by atoms with Crippen molar-refractivity contribution in [1.29, 1.82) is 0 Å². The number of carbonyl (C=O) groups excluding carboxylic acids is 1. The first-order valence-corrected chi connectivity index (χ1v) is 6.10. The van der Waals surface area contributed by atoms with Crippen molar-refractivity contribution in [2.45, 2.75) is 53.4 Å². The smallest absolute Gasteiger partial charge is 0.120 e. The summed E-state index contributed by atoms with van der Waals surface area (Å²) in [5.74, 6) is 1.37. The van der Waals surface area contributed by atoms with Crippen LogP contribution in [-0.4, -0.2) is 6.29 Å². The maximum absolute atomic E-state index is 10.4. The number of aldehydes is 1. The highest BCUT2D eigenvalue weighted by atomic mass is 16.1. The van der Waals surface area contributed by atoms with E-state index in [1.165, 1.54) is 12.8 Å². The van der Waals surface area contributed by atoms with Crippen molar-refractivity contribution in [2.24, 2.45) is 17.3 Å². The Morgan fingerprint density at radius 1 is 1.47 bits per heavy atom. The topological polar surface area (TPSA) is 17.1 Å². The Kier molecular flexibility index (Phi) is 4.12. The molecule has 0 saturated carbocycles. The van der Waals surface area contributed by atoms with Crippen molar-refractivity contribution >= 4 is 6.29 Å². The van der Waals surface area contributed by atoms with Gasteiger partial charge in [-0.15, -0.1) is 0 Å². The third-order valence-corrected chi connectivity index (χ3v) is 3.61. The molecule has 1 aliphatic carbocycles. The fourth-order valence-corrected chi connectivity index (χ4v) is 2.45. The van der Waals surface area contributed by atoms with Crippen molar-refractivity contribution in [2.75, 3.05) is 0 Å². The van der Waals surface area contributed by atoms with Crippen LogP contribution in [0.2, 0.25) is 0 Å². The van der Waals surface area contributed by atoms with E-state index in [0.29, 0.717) is 11.3 Å². The minimum atomic E-state index is 0.323. The van der Waals surface area contributed by atoms with E-state index >= 15 is 0 Å². The summed E-state index contributed by atoms with van der Waals surface area (Å²) >= 11 is 0. The van der Waals surface area contributed by atoms with Crippen molar-refractivity contribution in [3.8, 4) is 0 Å². The van der Waals surface area contributed by atoms with Crippen LogP contribution in [0.1, 0.15) is 53.4 Å². The number of allylic oxidation sites excluding steroid dienone is 2. The lowest BCUT2D eigenvalue weighted by Crippen LogP contribution is -2.21. The first kappa shape index (κ1) is 12.5. The van der Waals surface area contributed by atoms with Gasteiger partial charge in [-0.1, -0.05) is 39.3 Å². The molecule has 86 valence electrons. The molecule has 0 amide bonds. The molecule has 0 aromatic heterocycles. The SMILES string of the molecule is C[C@@H]1C=C(C(C)(C)C)CCC1CCC=O. The summed E-state index contributed by atoms with van der Waals surface area (Å²) in [7, 11) is 0. The summed E-state index contributed by atoms with van der Waals surface area (Å²) in [6.45, 7) is 9.16. The van der Waals surface area contributed by atoms with Crippen LogP contribution in [0.25, 0.3) is 0 Å². The molecule has 1 unspecified atom stereocenters. The van der Waals surface area contributed by atoms with E-state index in [0.717, 1.165) is 25.0 Å². The summed E-state index contributed by atoms with van der Waals surface area (Å²) in [6.07, 6.45) is 7.77. The van der Waals surface area contributed by atoms with Gasteiger partial charge >= 0.3 is 0 Å². The molecule has 1 aliphatic rings. The minimum Gasteiger partial charge on any atom is -0.303 e. The van der Waals surface area contributed by atoms with E-state index in [9.17, 15) is 4.79 Å². The van der Waals surface area contributed by atoms with Crippen LogP contribution in [0.15, 0.2) is 11.6 Å². The molecule has 0 aromatic rings. The number of hydrogen-bond acceptors (Lipinski definition) is 1. The molecule has 0 N–H and O–H groups in total. The second-order valence-corrected chi connectivity index (χ2v) is 5.84. The zero-order chi connectivity index (χ0) is 11.5. The predicted octanol–water partition coefficient (Wildman–Crippen LogP) is 3.98. The van der Waals surface area contributed by atoms with Gasteiger partial charge in [0.05, 0.1) is 0 Å². The first-order chi connectivity index (χ1) is 6.95. The van der Waals surface area contributed by atoms with Crippen LogP contribution in [0, 0.1) is 17.3 Å². The number of hydrogen-bond donors (Lipinski definition) is 0. The Labute approximate surface area is 93.9 Å². The van der Waals surface area contributed by atoms with Crippen LogP contribution < -0.4 is 0 Å². The summed E-state index contributed by atoms with van der Waals surface area (Å²) in [5.41, 5.74) is 1.92. The average molecular weight is 208 g/mol. The van der Waals surface area contributed by atoms with Gasteiger partial charge in [0.2, 0.25) is 0 Å². The van der Waals surface area contributed by atoms with Gasteiger partial charge in [0.1, 0.15) is 6.29 Å². The van der Waals surface area contributed by atoms with Crippen molar-refractivity contribution in [3.63, 3.8) is 0 Å². The van der Waals surface area contributed by atoms with Crippen molar-refractivity contribution in [1.82, 2.24) is 0 Å². The molecule has 0 aromatic carbocycles. The maximum atomic E-state index is 10.4. The van der Waals surface area contributed by atoms with E-state index < -0.39 is 0 Å². The molecule has 0 aliphatic heterocycles. The van der Waals surface area contributed by atoms with E-state index in [4.69, 9.17) is 0 Å². The van der Waals surface area contributed by atoms with E-state index in [-0.39, 0.29) is 0 Å². The Morgan fingerprint density at radius 3 is 2.60 bits per heavy atom. The van der Waals surface area contributed by atoms with Crippen LogP contribution in [0.5, 0.6) is 0 Å². The molecular weight excluding hydrogens is 184 g/mol. The van der Waals surface area contributed by atoms with Crippen molar-refractivity contribution in [3.05, 3.63) is 11.6 Å². The van der Waals surface area contributed by atoms with Gasteiger partial charge in [-0.25, -0.2) is 0 Å². The van der Waals surface area contributed by atoms with Crippen LogP contribution in [0.3, 0.4) is 0 Å². The van der Waals surface area contributed by atoms with Crippen LogP contribution in [-0.2, 0) is 4.79 Å². The van der Waals surface area contributed by atoms with Gasteiger partial charge in [-0.2, -0.15) is 0 Å². The lowest BCUT2D eigenvalue weighted by Gasteiger charge is -2.33. The van der Waals surface area contributed by atoms with Gasteiger partial charge < -0.3 is 4.79 Å². The average Bonchev–Trinajstić information content (AvgIpc) is 2.14. The summed E-state index contributed by atoms with van der Waals surface area (Å²) < 4.78 is 0. The second-order valence-electron chi connectivity index (χ2n) is 5.84. The molecule has 0 spiro atoms. The molecule has 0 heterocycles. The zero-order valence-corrected chi connectivity index (χ0v) is 10.5. The first-order valence-electron chi connectivity index (χ1n) is 6.10. The number of rotatable bonds is 3. The molecule has 1 nitrogen and oxygen atoms in total. The summed E-state index contributed by atoms with van der Waals surface area (Å²) in [6, 6.07) is 0. The van der Waals surface area contributed by atoms with Gasteiger partial charge in [-0.3, -0.25) is 0 Å². The van der Waals surface area contributed by atoms with E-state index in [1.807, 2.05) is 0 Å². The summed E-state index contributed by atoms with van der Waals surface area (Å²) in [5, 5.41) is 0. The highest BCUT2D eigenvalue weighted by molar-refractivity contribution is 5.49. The van der Waals surface area contributed by atoms with Gasteiger partial charge in [0, 0.05) is 6.42 Å². The fraction of sp³-hybridized carbons (Fsp3) is 0.786. The third kappa shape index (κ3) is 3.48. The van der Waals surface area contributed by atoms with Gasteiger partial charge in [-0.05, 0) is 36.5 Å². The zero-order valence-electron chi connectivity index (χ0n) is 10.5. The van der Waals surface area contributed by atoms with E-state index in [2.05, 4.69) is 33.8 Å². The Bertz CT molecular complexity index is 245. The van der Waals surface area contributed by atoms with Crippen LogP contribution in [0.4, 0.5) is 0 Å². The molecule has 0 radical (unpaired) electrons. The molecule has 0 fully saturated rings. The molecule has 1 heteroatoms. The van der Waals surface area contributed by atoms with Crippen LogP contribution >= 0.6 is 0 Å². The summed E-state index contributed by atoms with van der Waals surface area (Å²) in [4.78, 5) is 10.4. The lowest BCUT2D eigenvalue weighted by molar-refractivity contribution is -0.108. The quantitative estimate of drug-likeness (QED) is 0.506. The molecule has 0 bridgehead atoms. The molecular formula is C14H24O. The molecule has 0 saturated heterocycles. The molecule has 1 rings (SSSR count). The molecule has 2 atom stereocenters. The minimum absolute atomic E-state index is 0.323. The van der Waals surface area contributed by atoms with Crippen molar-refractivity contribution < 1.29 is 4.79 Å². The van der Waals surface area contributed by atoms with Gasteiger partial charge in [0.25, 0.3) is 0 Å². The predicted molar refractivity (Wildman–Crippen MR) is 64.7 cm³/mol. The largest absolute Gasteiger partial charge is 0.303 e. The third-order valence-electron chi connectivity index (χ3n) is 3.61. The standard InChI is InChI=1S/C14H24O/c1-11-10-13(14(2,3)4)8-7-12(11)6-5-9-15/h9-12H,5-8H2,1-4H3/t11-,12?/m1/s1. The Morgan fingerprint density at radius 2 is 2.13 bits per heavy atom. The molecule has 15 heavy (non-hydrogen) atoms. The highest BCUT2D eigenvalue weighted by Gasteiger charge is 2.26. The Hall–Kier alpha value is -0.590. The number of carbonyl (C=O) groups is 1. The normalized spacial score (nSPS) is 27.3. The fourth-order valence-electron chi connectivity index (χ4n) is 2.45. The lowest BCUT2D eigenvalue weighted by atomic mass is 9.72. The van der Waals surface area contributed by atoms with Gasteiger partial charge in [0.15, 0.2) is 0 Å². The Balaban J connectivity index is 2.61. The monoisotopic (exact) mass is 208 g/mol. The second kappa shape index (κ2) is 4.96. The highest BCUT2D eigenvalue weighted by Crippen LogP contribution is 2.38.